The quantitative estimate of drug-likeness (QED) is 0.403. The van der Waals surface area contributed by atoms with E-state index in [1.807, 2.05) is 0 Å². The van der Waals surface area contributed by atoms with E-state index in [-0.39, 0.29) is 11.0 Å². The minimum Gasteiger partial charge on any atom is -0.339 e. The Hall–Kier alpha value is -0.170. The number of nitrogens with one attached hydrogen (secondary N) is 3. The molecule has 1 aromatic rings. The summed E-state index contributed by atoms with van der Waals surface area (Å²) in [5, 5.41) is 8.70. The molecule has 0 bridgehead atoms. The van der Waals surface area contributed by atoms with E-state index in [0.717, 1.165) is 0 Å². The highest BCUT2D eigenvalue weighted by Crippen LogP contribution is 2.29. The molecule has 0 radical (unpaired) electrons. The van der Waals surface area contributed by atoms with Crippen LogP contribution in [0.25, 0.3) is 0 Å². The van der Waals surface area contributed by atoms with E-state index in [1.165, 1.54) is 0 Å². The SMILES string of the molecule is O=C(CCl)N[C@@H](NC(=S)Nc1ccc(Cl)cc1)C(Cl)(Cl)Cl. The van der Waals surface area contributed by atoms with Gasteiger partial charge in [-0.25, -0.2) is 0 Å². The lowest BCUT2D eigenvalue weighted by molar-refractivity contribution is -0.119. The van der Waals surface area contributed by atoms with Crippen LogP contribution in [0.2, 0.25) is 5.02 Å². The number of alkyl halides is 4. The van der Waals surface area contributed by atoms with Gasteiger partial charge < -0.3 is 16.0 Å². The highest BCUT2D eigenvalue weighted by Gasteiger charge is 2.34. The molecule has 3 N–H and O–H groups in total. The summed E-state index contributed by atoms with van der Waals surface area (Å²) in [4.78, 5) is 11.3. The van der Waals surface area contributed by atoms with Gasteiger partial charge in [-0.2, -0.15) is 0 Å². The van der Waals surface area contributed by atoms with Gasteiger partial charge in [0.25, 0.3) is 0 Å². The van der Waals surface area contributed by atoms with E-state index in [4.69, 9.17) is 70.2 Å². The molecule has 0 aliphatic carbocycles. The fourth-order valence-electron chi connectivity index (χ4n) is 1.23. The Bertz CT molecular complexity index is 506. The van der Waals surface area contributed by atoms with Crippen LogP contribution in [0, 0.1) is 0 Å². The van der Waals surface area contributed by atoms with Crippen LogP contribution in [0.3, 0.4) is 0 Å². The molecule has 0 fully saturated rings. The average molecular weight is 410 g/mol. The molecule has 1 atom stereocenters. The third kappa shape index (κ3) is 7.08. The second-order valence-electron chi connectivity index (χ2n) is 3.78. The number of benzene rings is 1. The van der Waals surface area contributed by atoms with Crippen LogP contribution in [0.1, 0.15) is 0 Å². The van der Waals surface area contributed by atoms with E-state index < -0.39 is 15.9 Å². The molecule has 1 aromatic carbocycles. The molecular weight excluding hydrogens is 399 g/mol. The van der Waals surface area contributed by atoms with Crippen molar-refractivity contribution in [2.75, 3.05) is 11.2 Å². The standard InChI is InChI=1S/C11H10Cl5N3OS/c12-5-8(20)18-9(11(14,15)16)19-10(21)17-7-3-1-6(13)2-4-7/h1-4,9H,5H2,(H,18,20)(H2,17,19,21)/t9-/m0/s1. The van der Waals surface area contributed by atoms with Crippen LogP contribution in [-0.2, 0) is 4.79 Å². The van der Waals surface area contributed by atoms with Crippen LogP contribution >= 0.6 is 70.2 Å². The van der Waals surface area contributed by atoms with Gasteiger partial charge in [-0.3, -0.25) is 4.79 Å². The van der Waals surface area contributed by atoms with E-state index in [0.29, 0.717) is 10.7 Å². The van der Waals surface area contributed by atoms with Crippen molar-refractivity contribution in [2.45, 2.75) is 9.96 Å². The molecule has 0 saturated heterocycles. The van der Waals surface area contributed by atoms with Gasteiger partial charge in [-0.05, 0) is 36.5 Å². The summed E-state index contributed by atoms with van der Waals surface area (Å²) in [6, 6.07) is 6.82. The Balaban J connectivity index is 2.67. The zero-order valence-corrected chi connectivity index (χ0v) is 14.9. The fraction of sp³-hybridized carbons (Fsp3) is 0.273. The molecule has 0 spiro atoms. The molecule has 0 aromatic heterocycles. The van der Waals surface area contributed by atoms with Gasteiger partial charge in [-0.15, -0.1) is 11.6 Å². The summed E-state index contributed by atoms with van der Waals surface area (Å²) in [6.45, 7) is 0. The van der Waals surface area contributed by atoms with Crippen LogP contribution in [0.15, 0.2) is 24.3 Å². The molecule has 10 heteroatoms. The first-order valence-electron chi connectivity index (χ1n) is 5.47. The maximum atomic E-state index is 11.3. The highest BCUT2D eigenvalue weighted by molar-refractivity contribution is 7.80. The Kier molecular flexibility index (Phi) is 7.60. The molecule has 116 valence electrons. The van der Waals surface area contributed by atoms with Crippen molar-refractivity contribution in [3.8, 4) is 0 Å². The van der Waals surface area contributed by atoms with Crippen molar-refractivity contribution in [2.24, 2.45) is 0 Å². The molecule has 0 aliphatic rings. The van der Waals surface area contributed by atoms with Crippen molar-refractivity contribution in [3.63, 3.8) is 0 Å². The largest absolute Gasteiger partial charge is 0.339 e. The molecule has 0 heterocycles. The summed E-state index contributed by atoms with van der Waals surface area (Å²) >= 11 is 33.6. The highest BCUT2D eigenvalue weighted by atomic mass is 35.6. The summed E-state index contributed by atoms with van der Waals surface area (Å²) in [5.74, 6) is -0.772. The summed E-state index contributed by atoms with van der Waals surface area (Å²) in [5.41, 5.74) is 0.684. The lowest BCUT2D eigenvalue weighted by Crippen LogP contribution is -2.56. The van der Waals surface area contributed by atoms with Crippen molar-refractivity contribution in [1.82, 2.24) is 10.6 Å². The monoisotopic (exact) mass is 407 g/mol. The summed E-state index contributed by atoms with van der Waals surface area (Å²) in [6.07, 6.45) is -1.04. The van der Waals surface area contributed by atoms with Crippen LogP contribution in [-0.4, -0.2) is 26.9 Å². The smallest absolute Gasteiger partial charge is 0.236 e. The lowest BCUT2D eigenvalue weighted by Gasteiger charge is -2.27. The topological polar surface area (TPSA) is 53.2 Å². The first-order chi connectivity index (χ1) is 9.72. The number of carbonyl (C=O) groups excluding carboxylic acids is 1. The van der Waals surface area contributed by atoms with Gasteiger partial charge >= 0.3 is 0 Å². The van der Waals surface area contributed by atoms with Gasteiger partial charge in [0.05, 0.1) is 0 Å². The number of hydrogen-bond acceptors (Lipinski definition) is 2. The van der Waals surface area contributed by atoms with Crippen molar-refractivity contribution in [1.29, 1.82) is 0 Å². The Labute approximate surface area is 152 Å². The summed E-state index contributed by atoms with van der Waals surface area (Å²) in [7, 11) is 0. The van der Waals surface area contributed by atoms with Crippen molar-refractivity contribution >= 4 is 86.9 Å². The molecule has 0 unspecified atom stereocenters. The number of thiocarbonyl (C=S) groups is 1. The van der Waals surface area contributed by atoms with Gasteiger partial charge in [0.2, 0.25) is 9.70 Å². The third-order valence-electron chi connectivity index (χ3n) is 2.13. The number of carbonyl (C=O) groups is 1. The lowest BCUT2D eigenvalue weighted by atomic mass is 10.3. The number of amides is 1. The first kappa shape index (κ1) is 18.9. The Morgan fingerprint density at radius 3 is 2.24 bits per heavy atom. The zero-order valence-electron chi connectivity index (χ0n) is 10.3. The van der Waals surface area contributed by atoms with Crippen LogP contribution in [0.5, 0.6) is 0 Å². The molecule has 21 heavy (non-hydrogen) atoms. The number of halogens is 5. The number of hydrogen-bond donors (Lipinski definition) is 3. The molecule has 0 saturated carbocycles. The number of anilines is 1. The fourth-order valence-corrected chi connectivity index (χ4v) is 2.00. The van der Waals surface area contributed by atoms with Crippen LogP contribution < -0.4 is 16.0 Å². The predicted molar refractivity (Wildman–Crippen MR) is 93.7 cm³/mol. The van der Waals surface area contributed by atoms with E-state index in [2.05, 4.69) is 16.0 Å². The van der Waals surface area contributed by atoms with Crippen LogP contribution in [0.4, 0.5) is 5.69 Å². The van der Waals surface area contributed by atoms with Gasteiger partial charge in [-0.1, -0.05) is 46.4 Å². The van der Waals surface area contributed by atoms with E-state index >= 15 is 0 Å². The molecule has 0 aliphatic heterocycles. The second-order valence-corrected chi connectivity index (χ2v) is 7.26. The maximum absolute atomic E-state index is 11.3. The van der Waals surface area contributed by atoms with E-state index in [1.54, 1.807) is 24.3 Å². The van der Waals surface area contributed by atoms with Crippen molar-refractivity contribution < 1.29 is 4.79 Å². The summed E-state index contributed by atoms with van der Waals surface area (Å²) < 4.78 is -1.81. The van der Waals surface area contributed by atoms with Gasteiger partial charge in [0.15, 0.2) is 5.11 Å². The Morgan fingerprint density at radius 1 is 1.19 bits per heavy atom. The molecule has 1 rings (SSSR count). The average Bonchev–Trinajstić information content (AvgIpc) is 2.39. The minimum atomic E-state index is -1.81. The molecule has 4 nitrogen and oxygen atoms in total. The van der Waals surface area contributed by atoms with Crippen molar-refractivity contribution in [3.05, 3.63) is 29.3 Å². The predicted octanol–water partition coefficient (Wildman–Crippen LogP) is 3.68. The molecular formula is C11H10Cl5N3OS. The third-order valence-corrected chi connectivity index (χ3v) is 3.50. The van der Waals surface area contributed by atoms with E-state index in [9.17, 15) is 4.79 Å². The Morgan fingerprint density at radius 2 is 1.76 bits per heavy atom. The first-order valence-corrected chi connectivity index (χ1v) is 7.93. The minimum absolute atomic E-state index is 0.156. The number of rotatable bonds is 4. The van der Waals surface area contributed by atoms with Gasteiger partial charge in [0.1, 0.15) is 12.0 Å². The second kappa shape index (κ2) is 8.46. The zero-order chi connectivity index (χ0) is 16.0. The molecule has 1 amide bonds. The normalized spacial score (nSPS) is 12.4. The van der Waals surface area contributed by atoms with Gasteiger partial charge in [0, 0.05) is 10.7 Å². The maximum Gasteiger partial charge on any atom is 0.236 e.